The minimum atomic E-state index is 0.0840. The molecule has 1 saturated carbocycles. The van der Waals surface area contributed by atoms with E-state index in [1.807, 2.05) is 23.1 Å². The Morgan fingerprint density at radius 3 is 2.73 bits per heavy atom. The number of rotatable bonds is 3. The minimum absolute atomic E-state index is 0.0840. The predicted octanol–water partition coefficient (Wildman–Crippen LogP) is 2.97. The topological polar surface area (TPSA) is 41.6 Å². The van der Waals surface area contributed by atoms with Gasteiger partial charge in [0.25, 0.3) is 0 Å². The van der Waals surface area contributed by atoms with E-state index in [0.29, 0.717) is 19.2 Å². The third-order valence-corrected chi connectivity index (χ3v) is 4.76. The molecule has 1 saturated heterocycles. The first-order valence-electron chi connectivity index (χ1n) is 8.45. The second-order valence-electron chi connectivity index (χ2n) is 6.58. The first-order chi connectivity index (χ1) is 10.7. The van der Waals surface area contributed by atoms with Gasteiger partial charge >= 0.3 is 6.03 Å². The van der Waals surface area contributed by atoms with Gasteiger partial charge < -0.3 is 15.0 Å². The lowest BCUT2D eigenvalue weighted by Gasteiger charge is -2.38. The standard InChI is InChI=1S/C18H26N2O2/c1-14-13-22-17(11-15-7-3-2-4-8-15)12-20(14)18(21)19-16-9-5-6-10-16/h2-4,7-8,14,16-17H,5-6,9-13H2,1H3,(H,19,21). The summed E-state index contributed by atoms with van der Waals surface area (Å²) < 4.78 is 5.92. The molecule has 120 valence electrons. The Morgan fingerprint density at radius 2 is 2.00 bits per heavy atom. The van der Waals surface area contributed by atoms with E-state index in [9.17, 15) is 4.79 Å². The van der Waals surface area contributed by atoms with Gasteiger partial charge in [-0.3, -0.25) is 0 Å². The van der Waals surface area contributed by atoms with Gasteiger partial charge in [0, 0.05) is 19.0 Å². The number of amides is 2. The summed E-state index contributed by atoms with van der Waals surface area (Å²) in [6.07, 6.45) is 5.67. The van der Waals surface area contributed by atoms with Crippen molar-refractivity contribution in [2.75, 3.05) is 13.2 Å². The zero-order valence-corrected chi connectivity index (χ0v) is 13.3. The fourth-order valence-corrected chi connectivity index (χ4v) is 3.43. The molecular formula is C18H26N2O2. The maximum Gasteiger partial charge on any atom is 0.318 e. The number of ether oxygens (including phenoxy) is 1. The number of nitrogens with zero attached hydrogens (tertiary/aromatic N) is 1. The molecule has 1 aliphatic carbocycles. The van der Waals surface area contributed by atoms with E-state index in [0.717, 1.165) is 19.3 Å². The first-order valence-corrected chi connectivity index (χ1v) is 8.45. The van der Waals surface area contributed by atoms with Crippen molar-refractivity contribution in [1.82, 2.24) is 10.2 Å². The lowest BCUT2D eigenvalue weighted by Crippen LogP contribution is -2.55. The molecule has 2 unspecified atom stereocenters. The Hall–Kier alpha value is -1.55. The summed E-state index contributed by atoms with van der Waals surface area (Å²) in [5, 5.41) is 3.19. The number of carbonyl (C=O) groups is 1. The Bertz CT molecular complexity index is 485. The van der Waals surface area contributed by atoms with Gasteiger partial charge in [0.05, 0.1) is 18.8 Å². The molecule has 1 N–H and O–H groups in total. The second-order valence-corrected chi connectivity index (χ2v) is 6.58. The van der Waals surface area contributed by atoms with Crippen LogP contribution in [0.3, 0.4) is 0 Å². The van der Waals surface area contributed by atoms with Crippen molar-refractivity contribution in [3.63, 3.8) is 0 Å². The maximum absolute atomic E-state index is 12.5. The van der Waals surface area contributed by atoms with Gasteiger partial charge in [-0.1, -0.05) is 43.2 Å². The molecule has 1 aromatic rings. The fraction of sp³-hybridized carbons (Fsp3) is 0.611. The molecule has 0 bridgehead atoms. The van der Waals surface area contributed by atoms with Crippen molar-refractivity contribution in [1.29, 1.82) is 0 Å². The van der Waals surface area contributed by atoms with Crippen LogP contribution >= 0.6 is 0 Å². The molecule has 2 atom stereocenters. The van der Waals surface area contributed by atoms with E-state index in [4.69, 9.17) is 4.74 Å². The van der Waals surface area contributed by atoms with Gasteiger partial charge in [-0.05, 0) is 25.3 Å². The Morgan fingerprint density at radius 1 is 1.27 bits per heavy atom. The molecular weight excluding hydrogens is 276 g/mol. The minimum Gasteiger partial charge on any atom is -0.374 e. The van der Waals surface area contributed by atoms with Crippen molar-refractivity contribution in [3.05, 3.63) is 35.9 Å². The van der Waals surface area contributed by atoms with Crippen LogP contribution in [0.25, 0.3) is 0 Å². The van der Waals surface area contributed by atoms with Crippen LogP contribution in [0, 0.1) is 0 Å². The molecule has 3 rings (SSSR count). The Balaban J connectivity index is 1.57. The third kappa shape index (κ3) is 3.80. The van der Waals surface area contributed by atoms with Gasteiger partial charge in [0.15, 0.2) is 0 Å². The molecule has 1 aromatic carbocycles. The monoisotopic (exact) mass is 302 g/mol. The van der Waals surface area contributed by atoms with E-state index in [1.54, 1.807) is 0 Å². The molecule has 2 amide bonds. The molecule has 1 aliphatic heterocycles. The SMILES string of the molecule is CC1COC(Cc2ccccc2)CN1C(=O)NC1CCCC1. The molecule has 22 heavy (non-hydrogen) atoms. The lowest BCUT2D eigenvalue weighted by molar-refractivity contribution is -0.0406. The van der Waals surface area contributed by atoms with Crippen LogP contribution in [-0.2, 0) is 11.2 Å². The quantitative estimate of drug-likeness (QED) is 0.932. The second kappa shape index (κ2) is 7.14. The fourth-order valence-electron chi connectivity index (χ4n) is 3.43. The largest absolute Gasteiger partial charge is 0.374 e. The smallest absolute Gasteiger partial charge is 0.318 e. The molecule has 0 radical (unpaired) electrons. The van der Waals surface area contributed by atoms with E-state index >= 15 is 0 Å². The highest BCUT2D eigenvalue weighted by Gasteiger charge is 2.31. The zero-order valence-electron chi connectivity index (χ0n) is 13.3. The van der Waals surface area contributed by atoms with Crippen LogP contribution in [0.2, 0.25) is 0 Å². The van der Waals surface area contributed by atoms with Gasteiger partial charge in [-0.25, -0.2) is 4.79 Å². The van der Waals surface area contributed by atoms with E-state index < -0.39 is 0 Å². The first kappa shape index (κ1) is 15.3. The van der Waals surface area contributed by atoms with Crippen molar-refractivity contribution in [3.8, 4) is 0 Å². The molecule has 2 fully saturated rings. The van der Waals surface area contributed by atoms with Crippen molar-refractivity contribution in [2.45, 2.75) is 57.2 Å². The highest BCUT2D eigenvalue weighted by molar-refractivity contribution is 5.75. The van der Waals surface area contributed by atoms with Crippen LogP contribution in [0.4, 0.5) is 4.79 Å². The number of morpholine rings is 1. The molecule has 4 heteroatoms. The molecule has 1 heterocycles. The summed E-state index contributed by atoms with van der Waals surface area (Å²) in [7, 11) is 0. The number of benzene rings is 1. The molecule has 4 nitrogen and oxygen atoms in total. The summed E-state index contributed by atoms with van der Waals surface area (Å²) in [6, 6.07) is 10.9. The summed E-state index contributed by atoms with van der Waals surface area (Å²) in [6.45, 7) is 3.36. The highest BCUT2D eigenvalue weighted by Crippen LogP contribution is 2.20. The van der Waals surface area contributed by atoms with Gasteiger partial charge in [0.2, 0.25) is 0 Å². The Labute approximate surface area is 132 Å². The van der Waals surface area contributed by atoms with E-state index in [1.165, 1.54) is 18.4 Å². The zero-order chi connectivity index (χ0) is 15.4. The van der Waals surface area contributed by atoms with Gasteiger partial charge in [0.1, 0.15) is 0 Å². The normalized spacial score (nSPS) is 26.1. The number of urea groups is 1. The number of hydrogen-bond acceptors (Lipinski definition) is 2. The summed E-state index contributed by atoms with van der Waals surface area (Å²) in [5.41, 5.74) is 1.26. The van der Waals surface area contributed by atoms with E-state index in [-0.39, 0.29) is 18.2 Å². The van der Waals surface area contributed by atoms with Gasteiger partial charge in [-0.2, -0.15) is 0 Å². The molecule has 0 spiro atoms. The average Bonchev–Trinajstić information content (AvgIpc) is 3.03. The lowest BCUT2D eigenvalue weighted by atomic mass is 10.1. The van der Waals surface area contributed by atoms with Crippen LogP contribution in [0.15, 0.2) is 30.3 Å². The maximum atomic E-state index is 12.5. The number of hydrogen-bond donors (Lipinski definition) is 1. The highest BCUT2D eigenvalue weighted by atomic mass is 16.5. The predicted molar refractivity (Wildman–Crippen MR) is 86.8 cm³/mol. The van der Waals surface area contributed by atoms with Gasteiger partial charge in [-0.15, -0.1) is 0 Å². The van der Waals surface area contributed by atoms with Crippen molar-refractivity contribution >= 4 is 6.03 Å². The summed E-state index contributed by atoms with van der Waals surface area (Å²) >= 11 is 0. The summed E-state index contributed by atoms with van der Waals surface area (Å²) in [5.74, 6) is 0. The molecule has 0 aromatic heterocycles. The van der Waals surface area contributed by atoms with Crippen LogP contribution in [0.5, 0.6) is 0 Å². The average molecular weight is 302 g/mol. The van der Waals surface area contributed by atoms with Crippen LogP contribution < -0.4 is 5.32 Å². The summed E-state index contributed by atoms with van der Waals surface area (Å²) in [4.78, 5) is 14.5. The number of carbonyl (C=O) groups excluding carboxylic acids is 1. The van der Waals surface area contributed by atoms with Crippen molar-refractivity contribution < 1.29 is 9.53 Å². The number of nitrogens with one attached hydrogen (secondary N) is 1. The van der Waals surface area contributed by atoms with Crippen molar-refractivity contribution in [2.24, 2.45) is 0 Å². The molecule has 2 aliphatic rings. The van der Waals surface area contributed by atoms with Crippen LogP contribution in [-0.4, -0.2) is 42.3 Å². The van der Waals surface area contributed by atoms with Crippen LogP contribution in [0.1, 0.15) is 38.2 Å². The van der Waals surface area contributed by atoms with E-state index in [2.05, 4.69) is 24.4 Å². The Kier molecular flexibility index (Phi) is 4.98. The third-order valence-electron chi connectivity index (χ3n) is 4.76.